The molecule has 0 aliphatic rings. The fourth-order valence-corrected chi connectivity index (χ4v) is 0. The Morgan fingerprint density at radius 1 is 0.545 bits per heavy atom. The van der Waals surface area contributed by atoms with E-state index in [1.165, 1.54) is 27.7 Å². The third-order valence-corrected chi connectivity index (χ3v) is 1.15. The first-order valence-electron chi connectivity index (χ1n) is 5.88. The third kappa shape index (κ3) is 114. The van der Waals surface area contributed by atoms with Crippen molar-refractivity contribution < 1.29 is 39.6 Å². The summed E-state index contributed by atoms with van der Waals surface area (Å²) in [4.78, 5) is 37.0. The molecule has 0 unspecified atom stereocenters. The summed E-state index contributed by atoms with van der Waals surface area (Å²) < 4.78 is 0. The largest absolute Gasteiger partial charge is 2.00 e. The Kier molecular flexibility index (Phi) is 56.3. The maximum atomic E-state index is 9.26. The zero-order valence-corrected chi connectivity index (χ0v) is 17.1. The van der Waals surface area contributed by atoms with Gasteiger partial charge >= 0.3 is 60.8 Å². The van der Waals surface area contributed by atoms with Crippen LogP contribution in [0.1, 0.15) is 53.4 Å². The molecular weight excluding hydrogens is 337 g/mol. The number of carbonyl (C=O) groups is 4. The molecule has 0 rings (SSSR count). The molecule has 0 aliphatic carbocycles. The van der Waals surface area contributed by atoms with Gasteiger partial charge in [0, 0.05) is 23.9 Å². The van der Waals surface area contributed by atoms with Crippen LogP contribution in [0.5, 0.6) is 0 Å². The fourth-order valence-electron chi connectivity index (χ4n) is 0. The number of hydrogen-bond acceptors (Lipinski definition) is 8. The topological polar surface area (TPSA) is 161 Å². The molecule has 22 heavy (non-hydrogen) atoms. The quantitative estimate of drug-likeness (QED) is 0.458. The smallest absolute Gasteiger partial charge is 0.550 e. The van der Waals surface area contributed by atoms with Crippen LogP contribution in [-0.2, 0) is 19.2 Å². The van der Waals surface area contributed by atoms with E-state index in [0.717, 1.165) is 0 Å². The number of carbonyl (C=O) groups excluding carboxylic acids is 4. The van der Waals surface area contributed by atoms with E-state index >= 15 is 0 Å². The Morgan fingerprint density at radius 2 is 0.591 bits per heavy atom. The van der Waals surface area contributed by atoms with Gasteiger partial charge in [0.05, 0.1) is 0 Å². The Balaban J connectivity index is -0.0000000376. The molecule has 8 nitrogen and oxygen atoms in total. The maximum Gasteiger partial charge on any atom is 2.00 e. The van der Waals surface area contributed by atoms with Crippen molar-refractivity contribution >= 4 is 84.7 Å². The molecule has 0 aliphatic heterocycles. The minimum atomic E-state index is -0.995. The number of aliphatic carboxylic acids is 4. The summed E-state index contributed by atoms with van der Waals surface area (Å²) in [5, 5.41) is 37.0. The Hall–Kier alpha value is -0.0940. The first-order valence-corrected chi connectivity index (χ1v) is 5.88. The predicted molar refractivity (Wildman–Crippen MR) is 72.7 cm³/mol. The van der Waals surface area contributed by atoms with Crippen LogP contribution in [0.2, 0.25) is 0 Å². The van der Waals surface area contributed by atoms with Crippen molar-refractivity contribution in [3.8, 4) is 0 Å². The van der Waals surface area contributed by atoms with E-state index in [9.17, 15) is 39.6 Å². The van der Waals surface area contributed by atoms with Crippen molar-refractivity contribution in [3.05, 3.63) is 0 Å². The molecule has 0 atom stereocenters. The predicted octanol–water partition coefficient (Wildman–Crippen LogP) is -4.18. The molecule has 120 valence electrons. The van der Waals surface area contributed by atoms with Crippen LogP contribution >= 0.6 is 0 Å². The zero-order valence-electron chi connectivity index (χ0n) is 13.5. The summed E-state index contributed by atoms with van der Waals surface area (Å²) in [6, 6.07) is 0. The monoisotopic (exact) mass is 356 g/mol. The van der Waals surface area contributed by atoms with Gasteiger partial charge in [-0.15, -0.1) is 0 Å². The summed E-state index contributed by atoms with van der Waals surface area (Å²) >= 11 is 0. The summed E-state index contributed by atoms with van der Waals surface area (Å²) in [6.07, 6.45) is 0.444. The normalized spacial score (nSPS) is 6.73. The molecule has 0 amide bonds. The molecular formula is C12H20CaMgO8. The van der Waals surface area contributed by atoms with Gasteiger partial charge in [0.25, 0.3) is 0 Å². The zero-order chi connectivity index (χ0) is 17.1. The minimum absolute atomic E-state index is 0. The van der Waals surface area contributed by atoms with Gasteiger partial charge in [0.2, 0.25) is 0 Å². The summed E-state index contributed by atoms with van der Waals surface area (Å²) in [6.45, 7) is 6.15. The molecule has 0 spiro atoms. The molecule has 0 saturated heterocycles. The van der Waals surface area contributed by atoms with Gasteiger partial charge in [-0.2, -0.15) is 0 Å². The average Bonchev–Trinajstić information content (AvgIpc) is 2.40. The van der Waals surface area contributed by atoms with E-state index in [4.69, 9.17) is 0 Å². The van der Waals surface area contributed by atoms with Gasteiger partial charge in [-0.25, -0.2) is 0 Å². The molecule has 0 aromatic heterocycles. The first kappa shape index (κ1) is 37.8. The van der Waals surface area contributed by atoms with E-state index in [1.807, 2.05) is 0 Å². The molecule has 0 heterocycles. The number of carboxylic acid groups (broad SMARTS) is 4. The number of rotatable bonds is 4. The van der Waals surface area contributed by atoms with E-state index in [2.05, 4.69) is 0 Å². The molecule has 0 saturated carbocycles. The Bertz CT molecular complexity index is 228. The van der Waals surface area contributed by atoms with E-state index in [1.54, 1.807) is 0 Å². The molecule has 10 heteroatoms. The third-order valence-electron chi connectivity index (χ3n) is 1.15. The summed E-state index contributed by atoms with van der Waals surface area (Å²) in [5.41, 5.74) is 0. The molecule has 0 radical (unpaired) electrons. The second-order valence-corrected chi connectivity index (χ2v) is 2.90. The van der Waals surface area contributed by atoms with E-state index in [0.29, 0.717) is 0 Å². The molecule has 0 fully saturated rings. The van der Waals surface area contributed by atoms with Gasteiger partial charge in [0.1, 0.15) is 0 Å². The van der Waals surface area contributed by atoms with Crippen molar-refractivity contribution in [2.24, 2.45) is 0 Å². The minimum Gasteiger partial charge on any atom is -0.550 e. The van der Waals surface area contributed by atoms with Gasteiger partial charge in [-0.05, 0) is 25.7 Å². The van der Waals surface area contributed by atoms with Crippen LogP contribution in [-0.4, -0.2) is 84.7 Å². The van der Waals surface area contributed by atoms with Crippen molar-refractivity contribution in [2.45, 2.75) is 53.4 Å². The maximum absolute atomic E-state index is 9.26. The van der Waals surface area contributed by atoms with E-state index in [-0.39, 0.29) is 86.5 Å². The summed E-state index contributed by atoms with van der Waals surface area (Å²) in [7, 11) is 0. The van der Waals surface area contributed by atoms with Crippen LogP contribution in [0.4, 0.5) is 0 Å². The van der Waals surface area contributed by atoms with Crippen LogP contribution < -0.4 is 20.4 Å². The van der Waals surface area contributed by atoms with Crippen molar-refractivity contribution in [1.82, 2.24) is 0 Å². The first-order chi connectivity index (χ1) is 9.08. The number of carboxylic acids is 4. The van der Waals surface area contributed by atoms with Gasteiger partial charge in [-0.3, -0.25) is 0 Å². The second kappa shape index (κ2) is 32.7. The second-order valence-electron chi connectivity index (χ2n) is 2.90. The van der Waals surface area contributed by atoms with Crippen LogP contribution in [0.3, 0.4) is 0 Å². The Morgan fingerprint density at radius 3 is 0.591 bits per heavy atom. The van der Waals surface area contributed by atoms with E-state index < -0.39 is 23.9 Å². The van der Waals surface area contributed by atoms with Crippen LogP contribution in [0, 0.1) is 0 Å². The van der Waals surface area contributed by atoms with Crippen LogP contribution in [0.15, 0.2) is 0 Å². The number of hydrogen-bond donors (Lipinski definition) is 0. The van der Waals surface area contributed by atoms with Crippen molar-refractivity contribution in [2.75, 3.05) is 0 Å². The molecule has 0 aromatic rings. The molecule has 0 bridgehead atoms. The van der Waals surface area contributed by atoms with Crippen molar-refractivity contribution in [3.63, 3.8) is 0 Å². The summed E-state index contributed by atoms with van der Waals surface area (Å²) in [5.74, 6) is -3.98. The molecule has 0 aromatic carbocycles. The van der Waals surface area contributed by atoms with Crippen molar-refractivity contribution in [1.29, 1.82) is 0 Å². The standard InChI is InChI=1S/4C3H6O2.Ca.Mg/c4*1-2-3(4)5;;/h4*2H2,1H3,(H,4,5);;/q;;;;2*+2/p-4. The SMILES string of the molecule is CCC(=O)[O-].CCC(=O)[O-].CCC(=O)[O-].CCC(=O)[O-].[Ca+2].[Mg+2]. The van der Waals surface area contributed by atoms with Gasteiger partial charge < -0.3 is 39.6 Å². The van der Waals surface area contributed by atoms with Crippen LogP contribution in [0.25, 0.3) is 0 Å². The fraction of sp³-hybridized carbons (Fsp3) is 0.667. The molecule has 0 N–H and O–H groups in total. The Labute approximate surface area is 176 Å². The van der Waals surface area contributed by atoms with Gasteiger partial charge in [0.15, 0.2) is 0 Å². The average molecular weight is 357 g/mol. The van der Waals surface area contributed by atoms with Gasteiger partial charge in [-0.1, -0.05) is 27.7 Å².